The van der Waals surface area contributed by atoms with E-state index in [9.17, 15) is 9.59 Å². The zero-order valence-corrected chi connectivity index (χ0v) is 17.5. The smallest absolute Gasteiger partial charge is 0.308 e. The lowest BCUT2D eigenvalue weighted by molar-refractivity contribution is 0.0984. The molecule has 148 valence electrons. The van der Waals surface area contributed by atoms with Crippen LogP contribution in [0, 0.1) is 6.92 Å². The van der Waals surface area contributed by atoms with Gasteiger partial charge in [0.05, 0.1) is 5.69 Å². The molecule has 1 atom stereocenters. The number of aryl methyl sites for hydroxylation is 1. The maximum absolute atomic E-state index is 13.2. The van der Waals surface area contributed by atoms with Crippen molar-refractivity contribution in [2.24, 2.45) is 0 Å². The lowest BCUT2D eigenvalue weighted by atomic mass is 10.1. The van der Waals surface area contributed by atoms with Gasteiger partial charge in [-0.2, -0.15) is 0 Å². The van der Waals surface area contributed by atoms with Gasteiger partial charge in [-0.25, -0.2) is 9.78 Å². The van der Waals surface area contributed by atoms with Crippen LogP contribution >= 0.6 is 22.9 Å². The van der Waals surface area contributed by atoms with Crippen LogP contribution in [0.4, 0.5) is 21.3 Å². The van der Waals surface area contributed by atoms with Crippen molar-refractivity contribution in [2.45, 2.75) is 26.3 Å². The van der Waals surface area contributed by atoms with Gasteiger partial charge in [-0.1, -0.05) is 47.2 Å². The highest BCUT2D eigenvalue weighted by molar-refractivity contribution is 7.17. The summed E-state index contributed by atoms with van der Waals surface area (Å²) in [6.07, 6.45) is 0.826. The van der Waals surface area contributed by atoms with Crippen molar-refractivity contribution in [1.82, 2.24) is 4.98 Å². The quantitative estimate of drug-likeness (QED) is 0.593. The number of halogens is 1. The zero-order valence-electron chi connectivity index (χ0n) is 15.9. The minimum atomic E-state index is -0.445. The predicted molar refractivity (Wildman–Crippen MR) is 117 cm³/mol. The summed E-state index contributed by atoms with van der Waals surface area (Å²) in [5.41, 5.74) is 3.26. The number of hydrogen-bond donors (Lipinski definition) is 2. The fraction of sp³-hybridized carbons (Fsp3) is 0.190. The van der Waals surface area contributed by atoms with E-state index in [2.05, 4.69) is 15.6 Å². The Morgan fingerprint density at radius 2 is 1.97 bits per heavy atom. The number of anilines is 3. The molecule has 1 aliphatic rings. The lowest BCUT2D eigenvalue weighted by Crippen LogP contribution is -2.35. The van der Waals surface area contributed by atoms with Crippen LogP contribution < -0.4 is 15.5 Å². The number of amides is 3. The van der Waals surface area contributed by atoms with Gasteiger partial charge in [-0.15, -0.1) is 0 Å². The largest absolute Gasteiger partial charge is 0.325 e. The van der Waals surface area contributed by atoms with Crippen LogP contribution in [0.1, 0.15) is 27.9 Å². The summed E-state index contributed by atoms with van der Waals surface area (Å²) < 4.78 is 0. The van der Waals surface area contributed by atoms with Crippen LogP contribution in [0.5, 0.6) is 0 Å². The normalized spacial score (nSPS) is 15.1. The molecule has 3 amide bonds. The number of hydrogen-bond acceptors (Lipinski definition) is 4. The van der Waals surface area contributed by atoms with Crippen LogP contribution in [-0.4, -0.2) is 23.0 Å². The Morgan fingerprint density at radius 1 is 1.17 bits per heavy atom. The van der Waals surface area contributed by atoms with E-state index in [0.29, 0.717) is 26.4 Å². The average Bonchev–Trinajstić information content (AvgIpc) is 3.19. The number of nitrogens with zero attached hydrogens (tertiary/aromatic N) is 2. The molecule has 0 saturated carbocycles. The molecule has 0 radical (unpaired) electrons. The van der Waals surface area contributed by atoms with E-state index < -0.39 is 6.03 Å². The number of carbonyl (C=O) groups excluding carboxylic acids is 2. The van der Waals surface area contributed by atoms with Crippen LogP contribution in [-0.2, 0) is 6.42 Å². The van der Waals surface area contributed by atoms with Gasteiger partial charge in [0.2, 0.25) is 0 Å². The predicted octanol–water partition coefficient (Wildman–Crippen LogP) is 5.34. The van der Waals surface area contributed by atoms with Crippen molar-refractivity contribution in [1.29, 1.82) is 0 Å². The molecule has 0 aliphatic carbocycles. The number of rotatable bonds is 3. The molecule has 3 aromatic rings. The Morgan fingerprint density at radius 3 is 2.76 bits per heavy atom. The molecule has 0 bridgehead atoms. The number of aromatic nitrogens is 1. The summed E-state index contributed by atoms with van der Waals surface area (Å²) in [5.74, 6) is -0.0965. The second-order valence-corrected chi connectivity index (χ2v) is 8.32. The highest BCUT2D eigenvalue weighted by Crippen LogP contribution is 2.35. The standard InChI is InChI=1S/C21H19ClN4O2S/c1-12-10-14-6-3-4-9-17(14)26(12)19(27)18-13(2)23-21(29-18)25-20(28)24-16-8-5-7-15(22)11-16/h3-9,11-12H,10H2,1-2H3,(H2,23,24,25,28). The average molecular weight is 427 g/mol. The SMILES string of the molecule is Cc1nc(NC(=O)Nc2cccc(Cl)c2)sc1C(=O)N1c2ccccc2CC1C. The second kappa shape index (κ2) is 7.85. The fourth-order valence-corrected chi connectivity index (χ4v) is 4.55. The minimum Gasteiger partial charge on any atom is -0.308 e. The summed E-state index contributed by atoms with van der Waals surface area (Å²) in [5, 5.41) is 6.29. The van der Waals surface area contributed by atoms with Gasteiger partial charge in [-0.05, 0) is 50.1 Å². The van der Waals surface area contributed by atoms with E-state index in [0.717, 1.165) is 17.7 Å². The topological polar surface area (TPSA) is 74.3 Å². The molecule has 2 N–H and O–H groups in total. The molecule has 8 heteroatoms. The van der Waals surface area contributed by atoms with Crippen LogP contribution in [0.2, 0.25) is 5.02 Å². The van der Waals surface area contributed by atoms with Gasteiger partial charge >= 0.3 is 6.03 Å². The molecule has 2 aromatic carbocycles. The van der Waals surface area contributed by atoms with E-state index in [1.54, 1.807) is 31.2 Å². The third kappa shape index (κ3) is 3.97. The molecule has 1 aromatic heterocycles. The van der Waals surface area contributed by atoms with Crippen LogP contribution in [0.15, 0.2) is 48.5 Å². The van der Waals surface area contributed by atoms with Crippen molar-refractivity contribution in [3.63, 3.8) is 0 Å². The van der Waals surface area contributed by atoms with E-state index in [1.165, 1.54) is 11.3 Å². The summed E-state index contributed by atoms with van der Waals surface area (Å²) in [6, 6.07) is 14.4. The molecule has 2 heterocycles. The van der Waals surface area contributed by atoms with Gasteiger partial charge in [0, 0.05) is 22.4 Å². The van der Waals surface area contributed by atoms with E-state index in [1.807, 2.05) is 36.1 Å². The van der Waals surface area contributed by atoms with Crippen molar-refractivity contribution < 1.29 is 9.59 Å². The minimum absolute atomic E-state index is 0.0731. The summed E-state index contributed by atoms with van der Waals surface area (Å²) in [7, 11) is 0. The molecule has 4 rings (SSSR count). The number of thiazole rings is 1. The molecule has 0 saturated heterocycles. The van der Waals surface area contributed by atoms with E-state index in [-0.39, 0.29) is 11.9 Å². The maximum atomic E-state index is 13.2. The number of benzene rings is 2. The Kier molecular flexibility index (Phi) is 5.25. The van der Waals surface area contributed by atoms with E-state index in [4.69, 9.17) is 11.6 Å². The zero-order chi connectivity index (χ0) is 20.5. The van der Waals surface area contributed by atoms with Crippen LogP contribution in [0.25, 0.3) is 0 Å². The molecule has 6 nitrogen and oxygen atoms in total. The molecule has 29 heavy (non-hydrogen) atoms. The first-order chi connectivity index (χ1) is 13.9. The molecule has 0 fully saturated rings. The Balaban J connectivity index is 1.51. The van der Waals surface area contributed by atoms with Crippen molar-refractivity contribution in [3.05, 3.63) is 69.7 Å². The number of para-hydroxylation sites is 1. The van der Waals surface area contributed by atoms with Crippen molar-refractivity contribution in [3.8, 4) is 0 Å². The van der Waals surface area contributed by atoms with Gasteiger partial charge in [0.15, 0.2) is 5.13 Å². The number of carbonyl (C=O) groups is 2. The third-order valence-corrected chi connectivity index (χ3v) is 6.02. The highest BCUT2D eigenvalue weighted by Gasteiger charge is 2.33. The second-order valence-electron chi connectivity index (χ2n) is 6.88. The summed E-state index contributed by atoms with van der Waals surface area (Å²) in [4.78, 5) is 32.2. The monoisotopic (exact) mass is 426 g/mol. The molecule has 1 unspecified atom stereocenters. The maximum Gasteiger partial charge on any atom is 0.325 e. The molecular formula is C21H19ClN4O2S. The first kappa shape index (κ1) is 19.4. The lowest BCUT2D eigenvalue weighted by Gasteiger charge is -2.22. The van der Waals surface area contributed by atoms with Gasteiger partial charge in [-0.3, -0.25) is 10.1 Å². The number of fused-ring (bicyclic) bond motifs is 1. The Hall–Kier alpha value is -2.90. The third-order valence-electron chi connectivity index (χ3n) is 4.72. The van der Waals surface area contributed by atoms with E-state index >= 15 is 0 Å². The molecule has 0 spiro atoms. The summed E-state index contributed by atoms with van der Waals surface area (Å²) in [6.45, 7) is 3.81. The van der Waals surface area contributed by atoms with Gasteiger partial charge in [0.1, 0.15) is 4.88 Å². The molecule has 1 aliphatic heterocycles. The number of nitrogens with one attached hydrogen (secondary N) is 2. The Labute approximate surface area is 177 Å². The highest BCUT2D eigenvalue weighted by atomic mass is 35.5. The van der Waals surface area contributed by atoms with Crippen molar-refractivity contribution in [2.75, 3.05) is 15.5 Å². The number of urea groups is 1. The van der Waals surface area contributed by atoms with Crippen molar-refractivity contribution >= 4 is 51.4 Å². The van der Waals surface area contributed by atoms with Gasteiger partial charge < -0.3 is 10.2 Å². The molecular weight excluding hydrogens is 408 g/mol. The Bertz CT molecular complexity index is 1100. The summed E-state index contributed by atoms with van der Waals surface area (Å²) >= 11 is 7.11. The first-order valence-corrected chi connectivity index (χ1v) is 10.3. The van der Waals surface area contributed by atoms with Crippen LogP contribution in [0.3, 0.4) is 0 Å². The first-order valence-electron chi connectivity index (χ1n) is 9.15. The fourth-order valence-electron chi connectivity index (χ4n) is 3.46. The van der Waals surface area contributed by atoms with Gasteiger partial charge in [0.25, 0.3) is 5.91 Å².